The van der Waals surface area contributed by atoms with Crippen LogP contribution in [0, 0.1) is 0 Å². The number of amides is 1. The molecule has 0 unspecified atom stereocenters. The molecule has 1 amide bonds. The Labute approximate surface area is 159 Å². The van der Waals surface area contributed by atoms with Crippen LogP contribution in [0.4, 0.5) is 0 Å². The third-order valence-electron chi connectivity index (χ3n) is 4.50. The van der Waals surface area contributed by atoms with Gasteiger partial charge in [-0.25, -0.2) is 0 Å². The van der Waals surface area contributed by atoms with Crippen LogP contribution >= 0.6 is 11.3 Å². The van der Waals surface area contributed by atoms with Crippen LogP contribution in [0.2, 0.25) is 0 Å². The highest BCUT2D eigenvalue weighted by atomic mass is 32.1. The molecule has 0 atom stereocenters. The number of aromatic nitrogens is 3. The number of carbonyl (C=O) groups is 1. The van der Waals surface area contributed by atoms with Crippen molar-refractivity contribution in [2.75, 3.05) is 26.2 Å². The van der Waals surface area contributed by atoms with E-state index in [2.05, 4.69) is 15.0 Å². The number of carbonyl (C=O) groups excluding carboxylic acids is 1. The van der Waals surface area contributed by atoms with Crippen LogP contribution in [0.1, 0.15) is 5.89 Å². The molecule has 140 valence electrons. The van der Waals surface area contributed by atoms with Gasteiger partial charge in [0.2, 0.25) is 17.6 Å². The molecule has 0 radical (unpaired) electrons. The average Bonchev–Trinajstić information content (AvgIpc) is 3.36. The summed E-state index contributed by atoms with van der Waals surface area (Å²) >= 11 is 1.57. The van der Waals surface area contributed by atoms with Gasteiger partial charge in [-0.3, -0.25) is 14.5 Å². The molecule has 27 heavy (non-hydrogen) atoms. The maximum Gasteiger partial charge on any atom is 0.250 e. The summed E-state index contributed by atoms with van der Waals surface area (Å²) in [4.78, 5) is 33.6. The molecule has 1 aliphatic heterocycles. The van der Waals surface area contributed by atoms with Gasteiger partial charge in [-0.05, 0) is 17.5 Å². The van der Waals surface area contributed by atoms with E-state index in [1.165, 1.54) is 10.6 Å². The molecule has 0 aliphatic carbocycles. The van der Waals surface area contributed by atoms with Gasteiger partial charge in [0.1, 0.15) is 6.54 Å². The first-order valence-electron chi connectivity index (χ1n) is 8.71. The second-order valence-electron chi connectivity index (χ2n) is 6.31. The first-order chi connectivity index (χ1) is 13.2. The van der Waals surface area contributed by atoms with E-state index in [0.717, 1.165) is 18.0 Å². The number of rotatable bonds is 5. The van der Waals surface area contributed by atoms with Gasteiger partial charge in [-0.2, -0.15) is 4.98 Å². The Morgan fingerprint density at radius 3 is 2.74 bits per heavy atom. The Bertz CT molecular complexity index is 957. The summed E-state index contributed by atoms with van der Waals surface area (Å²) in [6.07, 6.45) is 1.64. The summed E-state index contributed by atoms with van der Waals surface area (Å²) in [5, 5.41) is 6.00. The second kappa shape index (κ2) is 7.85. The molecule has 1 aliphatic rings. The van der Waals surface area contributed by atoms with Gasteiger partial charge in [0.05, 0.1) is 11.4 Å². The third-order valence-corrected chi connectivity index (χ3v) is 5.36. The monoisotopic (exact) mass is 385 g/mol. The average molecular weight is 385 g/mol. The fourth-order valence-corrected chi connectivity index (χ4v) is 3.66. The van der Waals surface area contributed by atoms with Crippen LogP contribution in [0.3, 0.4) is 0 Å². The van der Waals surface area contributed by atoms with Crippen molar-refractivity contribution in [2.45, 2.75) is 13.1 Å². The molecule has 1 saturated heterocycles. The van der Waals surface area contributed by atoms with Crippen LogP contribution in [-0.2, 0) is 17.9 Å². The van der Waals surface area contributed by atoms with E-state index in [0.29, 0.717) is 31.3 Å². The highest BCUT2D eigenvalue weighted by Gasteiger charge is 2.23. The van der Waals surface area contributed by atoms with Gasteiger partial charge >= 0.3 is 0 Å². The molecule has 0 aromatic carbocycles. The van der Waals surface area contributed by atoms with E-state index in [1.807, 2.05) is 17.5 Å². The number of thiophene rings is 1. The summed E-state index contributed by atoms with van der Waals surface area (Å²) in [5.41, 5.74) is -0.164. The lowest BCUT2D eigenvalue weighted by Gasteiger charge is -2.34. The first-order valence-corrected chi connectivity index (χ1v) is 9.59. The summed E-state index contributed by atoms with van der Waals surface area (Å²) in [5.74, 6) is 1.15. The van der Waals surface area contributed by atoms with Gasteiger partial charge in [0.15, 0.2) is 0 Å². The third kappa shape index (κ3) is 4.15. The molecule has 0 saturated carbocycles. The van der Waals surface area contributed by atoms with Crippen LogP contribution in [0.15, 0.2) is 51.2 Å². The highest BCUT2D eigenvalue weighted by molar-refractivity contribution is 7.13. The predicted molar refractivity (Wildman–Crippen MR) is 100 cm³/mol. The van der Waals surface area contributed by atoms with E-state index in [4.69, 9.17) is 4.52 Å². The largest absolute Gasteiger partial charge is 0.339 e. The Hall–Kier alpha value is -2.78. The van der Waals surface area contributed by atoms with Crippen molar-refractivity contribution < 1.29 is 9.32 Å². The summed E-state index contributed by atoms with van der Waals surface area (Å²) < 4.78 is 6.77. The topological polar surface area (TPSA) is 84.5 Å². The van der Waals surface area contributed by atoms with Gasteiger partial charge in [-0.1, -0.05) is 17.3 Å². The number of hydrogen-bond acceptors (Lipinski definition) is 7. The Kier molecular flexibility index (Phi) is 5.12. The maximum absolute atomic E-state index is 12.4. The zero-order valence-electron chi connectivity index (χ0n) is 14.7. The minimum atomic E-state index is -0.164. The number of nitrogens with zero attached hydrogens (tertiary/aromatic N) is 5. The molecule has 4 heterocycles. The Balaban J connectivity index is 1.29. The fraction of sp³-hybridized carbons (Fsp3) is 0.333. The van der Waals surface area contributed by atoms with Crippen LogP contribution in [0.25, 0.3) is 10.7 Å². The van der Waals surface area contributed by atoms with Crippen molar-refractivity contribution in [1.82, 2.24) is 24.5 Å². The standard InChI is InChI=1S/C18H19N5O3S/c24-16-5-1-2-6-23(16)13-17(25)22-9-7-21(8-10-22)12-15-19-18(20-26-15)14-4-3-11-27-14/h1-6,11H,7-10,12-13H2. The van der Waals surface area contributed by atoms with Crippen molar-refractivity contribution in [3.05, 3.63) is 58.2 Å². The lowest BCUT2D eigenvalue weighted by atomic mass is 10.3. The van der Waals surface area contributed by atoms with E-state index < -0.39 is 0 Å². The van der Waals surface area contributed by atoms with Gasteiger partial charge in [-0.15, -0.1) is 11.3 Å². The van der Waals surface area contributed by atoms with Crippen molar-refractivity contribution >= 4 is 17.2 Å². The lowest BCUT2D eigenvalue weighted by molar-refractivity contribution is -0.133. The lowest BCUT2D eigenvalue weighted by Crippen LogP contribution is -2.49. The molecule has 9 heteroatoms. The summed E-state index contributed by atoms with van der Waals surface area (Å²) in [7, 11) is 0. The predicted octanol–water partition coefficient (Wildman–Crippen LogP) is 1.30. The fourth-order valence-electron chi connectivity index (χ4n) is 3.01. The van der Waals surface area contributed by atoms with Crippen LogP contribution < -0.4 is 5.56 Å². The van der Waals surface area contributed by atoms with E-state index in [-0.39, 0.29) is 18.0 Å². The molecule has 3 aromatic rings. The number of pyridine rings is 1. The smallest absolute Gasteiger partial charge is 0.250 e. The minimum Gasteiger partial charge on any atom is -0.339 e. The van der Waals surface area contributed by atoms with Crippen molar-refractivity contribution in [3.8, 4) is 10.7 Å². The maximum atomic E-state index is 12.4. The Morgan fingerprint density at radius 1 is 1.15 bits per heavy atom. The zero-order chi connectivity index (χ0) is 18.6. The Morgan fingerprint density at radius 2 is 2.00 bits per heavy atom. The van der Waals surface area contributed by atoms with Crippen LogP contribution in [-0.4, -0.2) is 56.6 Å². The van der Waals surface area contributed by atoms with E-state index in [9.17, 15) is 9.59 Å². The molecule has 4 rings (SSSR count). The van der Waals surface area contributed by atoms with Crippen molar-refractivity contribution in [3.63, 3.8) is 0 Å². The molecule has 0 spiro atoms. The van der Waals surface area contributed by atoms with Gasteiger partial charge in [0, 0.05) is 38.4 Å². The molecular formula is C18H19N5O3S. The molecule has 3 aromatic heterocycles. The summed E-state index contributed by atoms with van der Waals surface area (Å²) in [6, 6.07) is 8.79. The van der Waals surface area contributed by atoms with Gasteiger partial charge in [0.25, 0.3) is 5.56 Å². The SMILES string of the molecule is O=C(Cn1ccccc1=O)N1CCN(Cc2nc(-c3cccs3)no2)CC1. The highest BCUT2D eigenvalue weighted by Crippen LogP contribution is 2.21. The second-order valence-corrected chi connectivity index (χ2v) is 7.26. The van der Waals surface area contributed by atoms with Gasteiger partial charge < -0.3 is 14.0 Å². The molecular weight excluding hydrogens is 366 g/mol. The summed E-state index contributed by atoms with van der Waals surface area (Å²) in [6.45, 7) is 3.34. The van der Waals surface area contributed by atoms with Crippen molar-refractivity contribution in [1.29, 1.82) is 0 Å². The molecule has 0 N–H and O–H groups in total. The first kappa shape index (κ1) is 17.6. The quantitative estimate of drug-likeness (QED) is 0.658. The van der Waals surface area contributed by atoms with E-state index >= 15 is 0 Å². The normalized spacial score (nSPS) is 15.2. The number of piperazine rings is 1. The van der Waals surface area contributed by atoms with E-state index in [1.54, 1.807) is 34.6 Å². The van der Waals surface area contributed by atoms with Crippen LogP contribution in [0.5, 0.6) is 0 Å². The minimum absolute atomic E-state index is 0.0410. The van der Waals surface area contributed by atoms with Crippen molar-refractivity contribution in [2.24, 2.45) is 0 Å². The zero-order valence-corrected chi connectivity index (χ0v) is 15.5. The molecule has 1 fully saturated rings. The molecule has 0 bridgehead atoms. The number of hydrogen-bond donors (Lipinski definition) is 0. The molecule has 8 nitrogen and oxygen atoms in total.